The molecule has 0 radical (unpaired) electrons. The van der Waals surface area contributed by atoms with Crippen LogP contribution in [0.15, 0.2) is 36.4 Å². The van der Waals surface area contributed by atoms with Gasteiger partial charge in [0.25, 0.3) is 0 Å². The van der Waals surface area contributed by atoms with E-state index in [1.807, 2.05) is 0 Å². The number of aromatic amines is 1. The molecule has 0 atom stereocenters. The van der Waals surface area contributed by atoms with Gasteiger partial charge in [0.15, 0.2) is 0 Å². The lowest BCUT2D eigenvalue weighted by atomic mass is 10.1. The van der Waals surface area contributed by atoms with Gasteiger partial charge in [-0.05, 0) is 31.2 Å². The molecule has 1 aromatic heterocycles. The van der Waals surface area contributed by atoms with Gasteiger partial charge < -0.3 is 29.4 Å². The highest BCUT2D eigenvalue weighted by Gasteiger charge is 2.26. The molecule has 2 amide bonds. The zero-order valence-electron chi connectivity index (χ0n) is 19.5. The molecule has 2 aromatic carbocycles. The number of hydrogen-bond acceptors (Lipinski definition) is 6. The van der Waals surface area contributed by atoms with E-state index in [2.05, 4.69) is 10.3 Å². The van der Waals surface area contributed by atoms with E-state index < -0.39 is 31.2 Å². The van der Waals surface area contributed by atoms with Crippen molar-refractivity contribution in [3.63, 3.8) is 0 Å². The Hall–Kier alpha value is -3.50. The number of rotatable bonds is 10. The molecule has 0 aliphatic rings. The molecule has 1 heterocycles. The third-order valence-corrected chi connectivity index (χ3v) is 5.53. The summed E-state index contributed by atoms with van der Waals surface area (Å²) in [4.78, 5) is 42.2. The number of urea groups is 1. The molecule has 9 nitrogen and oxygen atoms in total. The number of carbonyl (C=O) groups is 3. The number of nitrogens with zero attached hydrogens (tertiary/aromatic N) is 1. The largest absolute Gasteiger partial charge is 0.491 e. The number of H-pyrrole nitrogens is 1. The molecule has 12 heteroatoms. The number of hydrogen-bond donors (Lipinski definition) is 2. The Balaban J connectivity index is 1.98. The smallest absolute Gasteiger partial charge is 0.355 e. The Bertz CT molecular complexity index is 1270. The third-order valence-electron chi connectivity index (χ3n) is 5.01. The normalized spacial score (nSPS) is 10.7. The lowest BCUT2D eigenvalue weighted by Crippen LogP contribution is -2.39. The Morgan fingerprint density at radius 3 is 2.64 bits per heavy atom. The van der Waals surface area contributed by atoms with Crippen LogP contribution in [-0.4, -0.2) is 61.4 Å². The van der Waals surface area contributed by atoms with Gasteiger partial charge in [-0.15, -0.1) is 0 Å². The number of methoxy groups -OCH3 is 1. The number of amides is 2. The first kappa shape index (κ1) is 27.1. The van der Waals surface area contributed by atoms with Gasteiger partial charge in [0.05, 0.1) is 25.3 Å². The lowest BCUT2D eigenvalue weighted by molar-refractivity contribution is -0.141. The van der Waals surface area contributed by atoms with Gasteiger partial charge >= 0.3 is 18.0 Å². The number of benzene rings is 2. The Kier molecular flexibility index (Phi) is 9.38. The molecule has 0 bridgehead atoms. The minimum absolute atomic E-state index is 0.0697. The van der Waals surface area contributed by atoms with Crippen molar-refractivity contribution in [3.05, 3.63) is 57.7 Å². The van der Waals surface area contributed by atoms with Crippen LogP contribution in [-0.2, 0) is 20.8 Å². The number of carbonyl (C=O) groups excluding carboxylic acids is 3. The van der Waals surface area contributed by atoms with Gasteiger partial charge in [-0.3, -0.25) is 4.79 Å². The van der Waals surface area contributed by atoms with Crippen molar-refractivity contribution < 1.29 is 33.0 Å². The van der Waals surface area contributed by atoms with Crippen molar-refractivity contribution >= 4 is 57.8 Å². The molecule has 3 rings (SSSR count). The molecular formula is C24H24Cl2FN3O6. The number of ether oxygens (including phenoxy) is 3. The summed E-state index contributed by atoms with van der Waals surface area (Å²) in [6, 6.07) is 8.77. The van der Waals surface area contributed by atoms with Crippen LogP contribution in [0.3, 0.4) is 0 Å². The average molecular weight is 540 g/mol. The molecule has 0 unspecified atom stereocenters. The lowest BCUT2D eigenvalue weighted by Gasteiger charge is -2.22. The van der Waals surface area contributed by atoms with Crippen molar-refractivity contribution in [3.8, 4) is 5.75 Å². The highest BCUT2D eigenvalue weighted by molar-refractivity contribution is 6.39. The quantitative estimate of drug-likeness (QED) is 0.342. The number of aromatic nitrogens is 1. The second-order valence-corrected chi connectivity index (χ2v) is 8.28. The summed E-state index contributed by atoms with van der Waals surface area (Å²) in [6.45, 7) is 0.356. The van der Waals surface area contributed by atoms with Gasteiger partial charge in [-0.2, -0.15) is 0 Å². The number of halogens is 3. The number of fused-ring (bicyclic) bond motifs is 1. The van der Waals surface area contributed by atoms with Gasteiger partial charge in [0, 0.05) is 33.2 Å². The standard InChI is InChI=1S/C24H24Cl2FN3O6/c1-3-35-23(32)22-17(21-18(26)9-14(25)10-19(21)29-22)12-30(13-20(31)34-2)24(33)28-15-5-4-6-16(11-15)36-8-7-27/h4-6,9-11,29H,3,7-8,12-13H2,1-2H3,(H,28,33). The molecule has 3 aromatic rings. The summed E-state index contributed by atoms with van der Waals surface area (Å²) < 4.78 is 27.6. The Morgan fingerprint density at radius 1 is 1.17 bits per heavy atom. The first-order valence-corrected chi connectivity index (χ1v) is 11.6. The van der Waals surface area contributed by atoms with Crippen molar-refractivity contribution in [2.24, 2.45) is 0 Å². The van der Waals surface area contributed by atoms with Crippen LogP contribution in [0.2, 0.25) is 10.0 Å². The summed E-state index contributed by atoms with van der Waals surface area (Å²) >= 11 is 12.6. The van der Waals surface area contributed by atoms with Crippen molar-refractivity contribution in [2.45, 2.75) is 13.5 Å². The van der Waals surface area contributed by atoms with E-state index in [1.54, 1.807) is 31.2 Å². The number of alkyl halides is 1. The van der Waals surface area contributed by atoms with Crippen molar-refractivity contribution in [2.75, 3.05) is 38.9 Å². The summed E-state index contributed by atoms with van der Waals surface area (Å²) in [5, 5.41) is 3.71. The van der Waals surface area contributed by atoms with Crippen molar-refractivity contribution in [1.29, 1.82) is 0 Å². The monoisotopic (exact) mass is 539 g/mol. The van der Waals surface area contributed by atoms with E-state index in [0.717, 1.165) is 4.90 Å². The molecule has 0 saturated carbocycles. The SMILES string of the molecule is CCOC(=O)c1[nH]c2cc(Cl)cc(Cl)c2c1CN(CC(=O)OC)C(=O)Nc1cccc(OCCF)c1. The van der Waals surface area contributed by atoms with Crippen LogP contribution in [0.4, 0.5) is 14.9 Å². The molecule has 0 spiro atoms. The van der Waals surface area contributed by atoms with Crippen LogP contribution in [0.1, 0.15) is 23.0 Å². The topological polar surface area (TPSA) is 110 Å². The van der Waals surface area contributed by atoms with E-state index in [-0.39, 0.29) is 30.5 Å². The maximum Gasteiger partial charge on any atom is 0.355 e. The first-order chi connectivity index (χ1) is 17.3. The van der Waals surface area contributed by atoms with Gasteiger partial charge in [-0.1, -0.05) is 29.3 Å². The van der Waals surface area contributed by atoms with Crippen LogP contribution < -0.4 is 10.1 Å². The highest BCUT2D eigenvalue weighted by atomic mass is 35.5. The minimum Gasteiger partial charge on any atom is -0.491 e. The molecule has 0 aliphatic heterocycles. The van der Waals surface area contributed by atoms with Gasteiger partial charge in [-0.25, -0.2) is 14.0 Å². The van der Waals surface area contributed by atoms with Gasteiger partial charge in [0.1, 0.15) is 31.3 Å². The fourth-order valence-corrected chi connectivity index (χ4v) is 4.09. The Morgan fingerprint density at radius 2 is 1.94 bits per heavy atom. The number of anilines is 1. The molecule has 192 valence electrons. The second kappa shape index (κ2) is 12.5. The second-order valence-electron chi connectivity index (χ2n) is 7.44. The first-order valence-electron chi connectivity index (χ1n) is 10.9. The van der Waals surface area contributed by atoms with Crippen LogP contribution >= 0.6 is 23.2 Å². The number of nitrogens with one attached hydrogen (secondary N) is 2. The summed E-state index contributed by atoms with van der Waals surface area (Å²) in [5.41, 5.74) is 1.21. The fourth-order valence-electron chi connectivity index (χ4n) is 3.48. The zero-order valence-corrected chi connectivity index (χ0v) is 21.0. The zero-order chi connectivity index (χ0) is 26.2. The molecule has 0 aliphatic carbocycles. The highest BCUT2D eigenvalue weighted by Crippen LogP contribution is 2.34. The van der Waals surface area contributed by atoms with E-state index >= 15 is 0 Å². The molecule has 0 fully saturated rings. The predicted molar refractivity (Wildman–Crippen MR) is 134 cm³/mol. The third kappa shape index (κ3) is 6.58. The van der Waals surface area contributed by atoms with E-state index in [4.69, 9.17) is 37.4 Å². The van der Waals surface area contributed by atoms with Crippen LogP contribution in [0, 0.1) is 0 Å². The molecular weight excluding hydrogens is 516 g/mol. The van der Waals surface area contributed by atoms with Crippen LogP contribution in [0.25, 0.3) is 10.9 Å². The molecule has 36 heavy (non-hydrogen) atoms. The average Bonchev–Trinajstić information content (AvgIpc) is 3.20. The van der Waals surface area contributed by atoms with Gasteiger partial charge in [0.2, 0.25) is 0 Å². The minimum atomic E-state index is -0.683. The van der Waals surface area contributed by atoms with Crippen LogP contribution in [0.5, 0.6) is 5.75 Å². The maximum atomic E-state index is 13.2. The summed E-state index contributed by atoms with van der Waals surface area (Å²) in [7, 11) is 1.19. The van der Waals surface area contributed by atoms with E-state index in [1.165, 1.54) is 19.2 Å². The number of esters is 2. The fraction of sp³-hybridized carbons (Fsp3) is 0.292. The van der Waals surface area contributed by atoms with E-state index in [0.29, 0.717) is 32.9 Å². The van der Waals surface area contributed by atoms with Crippen molar-refractivity contribution in [1.82, 2.24) is 9.88 Å². The summed E-state index contributed by atoms with van der Waals surface area (Å²) in [6.07, 6.45) is 0. The summed E-state index contributed by atoms with van der Waals surface area (Å²) in [5.74, 6) is -0.987. The molecule has 0 saturated heterocycles. The molecule has 2 N–H and O–H groups in total. The Labute approximate surface area is 216 Å². The van der Waals surface area contributed by atoms with E-state index in [9.17, 15) is 18.8 Å². The predicted octanol–water partition coefficient (Wildman–Crippen LogP) is 5.21. The maximum absolute atomic E-state index is 13.2.